The molecule has 1 N–H and O–H groups in total. The molecule has 0 aliphatic carbocycles. The van der Waals surface area contributed by atoms with Gasteiger partial charge in [-0.05, 0) is 56.4 Å². The van der Waals surface area contributed by atoms with E-state index in [0.717, 1.165) is 25.2 Å². The van der Waals surface area contributed by atoms with E-state index in [9.17, 15) is 14.7 Å². The summed E-state index contributed by atoms with van der Waals surface area (Å²) < 4.78 is 0. The van der Waals surface area contributed by atoms with Gasteiger partial charge in [0.1, 0.15) is 6.04 Å². The average Bonchev–Trinajstić information content (AvgIpc) is 3.05. The minimum Gasteiger partial charge on any atom is -0.480 e. The molecule has 1 amide bonds. The monoisotopic (exact) mass is 302 g/mol. The Labute approximate surface area is 130 Å². The quantitative estimate of drug-likeness (QED) is 0.931. The highest BCUT2D eigenvalue weighted by molar-refractivity contribution is 5.97. The van der Waals surface area contributed by atoms with Gasteiger partial charge in [-0.1, -0.05) is 0 Å². The van der Waals surface area contributed by atoms with E-state index in [1.54, 1.807) is 0 Å². The van der Waals surface area contributed by atoms with Gasteiger partial charge in [-0.25, -0.2) is 4.79 Å². The molecule has 0 bridgehead atoms. The number of hydrogen-bond acceptors (Lipinski definition) is 3. The van der Waals surface area contributed by atoms with Crippen molar-refractivity contribution in [2.24, 2.45) is 0 Å². The zero-order valence-electron chi connectivity index (χ0n) is 12.7. The number of hydrogen-bond donors (Lipinski definition) is 1. The number of amides is 1. The van der Waals surface area contributed by atoms with Crippen molar-refractivity contribution in [3.63, 3.8) is 0 Å². The van der Waals surface area contributed by atoms with Crippen molar-refractivity contribution in [2.75, 3.05) is 24.5 Å². The van der Waals surface area contributed by atoms with Crippen molar-refractivity contribution in [3.8, 4) is 0 Å². The molecule has 2 fully saturated rings. The van der Waals surface area contributed by atoms with Crippen LogP contribution in [0.4, 0.5) is 5.69 Å². The second-order valence-corrected chi connectivity index (χ2v) is 6.09. The lowest BCUT2D eigenvalue weighted by atomic mass is 10.1. The molecule has 0 aromatic heterocycles. The van der Waals surface area contributed by atoms with Crippen molar-refractivity contribution in [2.45, 2.75) is 38.1 Å². The highest BCUT2D eigenvalue weighted by Crippen LogP contribution is 2.23. The van der Waals surface area contributed by atoms with Crippen LogP contribution in [-0.2, 0) is 4.79 Å². The van der Waals surface area contributed by atoms with E-state index in [1.807, 2.05) is 24.3 Å². The van der Waals surface area contributed by atoms with E-state index in [4.69, 9.17) is 0 Å². The van der Waals surface area contributed by atoms with Gasteiger partial charge in [0.2, 0.25) is 0 Å². The molecule has 1 atom stereocenters. The maximum atomic E-state index is 12.5. The molecule has 0 unspecified atom stereocenters. The smallest absolute Gasteiger partial charge is 0.326 e. The number of piperidine rings is 1. The molecule has 2 aliphatic rings. The zero-order valence-corrected chi connectivity index (χ0v) is 12.7. The van der Waals surface area contributed by atoms with Crippen LogP contribution in [0.25, 0.3) is 0 Å². The number of carbonyl (C=O) groups is 2. The molecule has 5 nitrogen and oxygen atoms in total. The topological polar surface area (TPSA) is 60.9 Å². The second kappa shape index (κ2) is 6.38. The number of benzene rings is 1. The molecule has 1 aromatic carbocycles. The first kappa shape index (κ1) is 14.9. The molecule has 0 radical (unpaired) electrons. The maximum absolute atomic E-state index is 12.5. The van der Waals surface area contributed by atoms with Gasteiger partial charge >= 0.3 is 5.97 Å². The first-order valence-corrected chi connectivity index (χ1v) is 8.05. The number of aliphatic carboxylic acids is 1. The summed E-state index contributed by atoms with van der Waals surface area (Å²) in [7, 11) is 0. The summed E-state index contributed by atoms with van der Waals surface area (Å²) in [6.45, 7) is 2.67. The van der Waals surface area contributed by atoms with Gasteiger partial charge in [-0.3, -0.25) is 4.79 Å². The molecule has 0 spiro atoms. The normalized spacial score (nSPS) is 21.9. The summed E-state index contributed by atoms with van der Waals surface area (Å²) in [6.07, 6.45) is 5.03. The Morgan fingerprint density at radius 3 is 2.27 bits per heavy atom. The van der Waals surface area contributed by atoms with Crippen molar-refractivity contribution in [1.82, 2.24) is 4.90 Å². The average molecular weight is 302 g/mol. The van der Waals surface area contributed by atoms with Gasteiger partial charge < -0.3 is 14.9 Å². The predicted molar refractivity (Wildman–Crippen MR) is 84.2 cm³/mol. The summed E-state index contributed by atoms with van der Waals surface area (Å²) >= 11 is 0. The third-order valence-corrected chi connectivity index (χ3v) is 4.63. The van der Waals surface area contributed by atoms with Crippen LogP contribution in [0.2, 0.25) is 0 Å². The Hall–Kier alpha value is -2.04. The highest BCUT2D eigenvalue weighted by atomic mass is 16.4. The van der Waals surface area contributed by atoms with Crippen molar-refractivity contribution in [1.29, 1.82) is 0 Å². The number of likely N-dealkylation sites (tertiary alicyclic amines) is 1. The lowest BCUT2D eigenvalue weighted by Gasteiger charge is -2.29. The molecule has 2 saturated heterocycles. The second-order valence-electron chi connectivity index (χ2n) is 6.09. The van der Waals surface area contributed by atoms with Crippen molar-refractivity contribution >= 4 is 17.6 Å². The summed E-state index contributed by atoms with van der Waals surface area (Å²) in [5.74, 6) is -1.08. The van der Waals surface area contributed by atoms with Gasteiger partial charge in [0.15, 0.2) is 0 Å². The standard InChI is InChI=1S/C17H22N2O3/c20-16(19-12-4-5-15(19)17(21)22)13-6-8-14(9-7-13)18-10-2-1-3-11-18/h6-9,15H,1-5,10-12H2,(H,21,22)/t15-/m1/s1. The minimum absolute atomic E-state index is 0.171. The fourth-order valence-electron chi connectivity index (χ4n) is 3.40. The van der Waals surface area contributed by atoms with Crippen LogP contribution < -0.4 is 4.90 Å². The van der Waals surface area contributed by atoms with Crippen LogP contribution in [0.15, 0.2) is 24.3 Å². The summed E-state index contributed by atoms with van der Waals surface area (Å²) in [4.78, 5) is 27.5. The molecular weight excluding hydrogens is 280 g/mol. The third kappa shape index (κ3) is 2.93. The lowest BCUT2D eigenvalue weighted by molar-refractivity contribution is -0.141. The Morgan fingerprint density at radius 1 is 0.955 bits per heavy atom. The summed E-state index contributed by atoms with van der Waals surface area (Å²) in [5, 5.41) is 9.19. The van der Waals surface area contributed by atoms with Crippen LogP contribution in [0, 0.1) is 0 Å². The Balaban J connectivity index is 1.72. The molecular formula is C17H22N2O3. The van der Waals surface area contributed by atoms with E-state index < -0.39 is 12.0 Å². The number of carboxylic acid groups (broad SMARTS) is 1. The van der Waals surface area contributed by atoms with E-state index in [-0.39, 0.29) is 5.91 Å². The molecule has 1 aromatic rings. The molecule has 2 heterocycles. The highest BCUT2D eigenvalue weighted by Gasteiger charge is 2.34. The number of carbonyl (C=O) groups excluding carboxylic acids is 1. The van der Waals surface area contributed by atoms with Gasteiger partial charge in [0, 0.05) is 30.9 Å². The number of rotatable bonds is 3. The van der Waals surface area contributed by atoms with E-state index in [2.05, 4.69) is 4.90 Å². The van der Waals surface area contributed by atoms with E-state index in [0.29, 0.717) is 18.5 Å². The fraction of sp³-hybridized carbons (Fsp3) is 0.529. The molecule has 2 aliphatic heterocycles. The largest absolute Gasteiger partial charge is 0.480 e. The van der Waals surface area contributed by atoms with Gasteiger partial charge in [-0.2, -0.15) is 0 Å². The number of anilines is 1. The molecule has 3 rings (SSSR count). The van der Waals surface area contributed by atoms with Crippen LogP contribution in [-0.4, -0.2) is 47.6 Å². The Bertz CT molecular complexity index is 550. The Kier molecular flexibility index (Phi) is 4.32. The molecule has 5 heteroatoms. The maximum Gasteiger partial charge on any atom is 0.326 e. The van der Waals surface area contributed by atoms with E-state index in [1.165, 1.54) is 24.2 Å². The van der Waals surface area contributed by atoms with E-state index >= 15 is 0 Å². The molecule has 118 valence electrons. The first-order chi connectivity index (χ1) is 10.7. The predicted octanol–water partition coefficient (Wildman–Crippen LogP) is 2.37. The first-order valence-electron chi connectivity index (χ1n) is 8.05. The molecule has 22 heavy (non-hydrogen) atoms. The SMILES string of the molecule is O=C(O)[C@H]1CCCN1C(=O)c1ccc(N2CCCCC2)cc1. The number of carboxylic acids is 1. The lowest BCUT2D eigenvalue weighted by Crippen LogP contribution is -2.40. The van der Waals surface area contributed by atoms with Gasteiger partial charge in [-0.15, -0.1) is 0 Å². The Morgan fingerprint density at radius 2 is 1.64 bits per heavy atom. The van der Waals surface area contributed by atoms with Crippen LogP contribution >= 0.6 is 0 Å². The van der Waals surface area contributed by atoms with Gasteiger partial charge in [0.25, 0.3) is 5.91 Å². The van der Waals surface area contributed by atoms with Crippen molar-refractivity contribution in [3.05, 3.63) is 29.8 Å². The van der Waals surface area contributed by atoms with Crippen LogP contribution in [0.1, 0.15) is 42.5 Å². The number of nitrogens with zero attached hydrogens (tertiary/aromatic N) is 2. The van der Waals surface area contributed by atoms with Crippen molar-refractivity contribution < 1.29 is 14.7 Å². The van der Waals surface area contributed by atoms with Crippen LogP contribution in [0.5, 0.6) is 0 Å². The summed E-state index contributed by atoms with van der Waals surface area (Å²) in [5.41, 5.74) is 1.72. The summed E-state index contributed by atoms with van der Waals surface area (Å²) in [6, 6.07) is 6.93. The zero-order chi connectivity index (χ0) is 15.5. The van der Waals surface area contributed by atoms with Crippen LogP contribution in [0.3, 0.4) is 0 Å². The minimum atomic E-state index is -0.907. The third-order valence-electron chi connectivity index (χ3n) is 4.63. The molecule has 0 saturated carbocycles. The fourth-order valence-corrected chi connectivity index (χ4v) is 3.40. The van der Waals surface area contributed by atoms with Gasteiger partial charge in [0.05, 0.1) is 0 Å².